The van der Waals surface area contributed by atoms with E-state index in [2.05, 4.69) is 5.32 Å². The van der Waals surface area contributed by atoms with Crippen LogP contribution in [0.25, 0.3) is 0 Å². The Hall–Kier alpha value is -1.86. The normalized spacial score (nSPS) is 11.1. The molecular formula is C12H16ClN3O4. The molecule has 8 heteroatoms. The van der Waals surface area contributed by atoms with Crippen molar-refractivity contribution in [2.45, 2.75) is 19.4 Å². The Bertz CT molecular complexity index is 528. The number of urea groups is 1. The quantitative estimate of drug-likeness (QED) is 0.659. The van der Waals surface area contributed by atoms with Crippen LogP contribution in [0, 0.1) is 10.1 Å². The number of amides is 2. The van der Waals surface area contributed by atoms with Crippen molar-refractivity contribution in [3.8, 4) is 0 Å². The second kappa shape index (κ2) is 6.06. The van der Waals surface area contributed by atoms with Gasteiger partial charge in [-0.1, -0.05) is 11.6 Å². The Kier molecular flexibility index (Phi) is 4.91. The third kappa shape index (κ3) is 4.67. The number of nitrogens with zero attached hydrogens (tertiary/aromatic N) is 2. The highest BCUT2D eigenvalue weighted by molar-refractivity contribution is 6.33. The summed E-state index contributed by atoms with van der Waals surface area (Å²) in [5.74, 6) is 0. The van der Waals surface area contributed by atoms with E-state index in [-0.39, 0.29) is 22.9 Å². The molecular weight excluding hydrogens is 286 g/mol. The van der Waals surface area contributed by atoms with Gasteiger partial charge in [-0.25, -0.2) is 4.79 Å². The number of likely N-dealkylation sites (N-methyl/N-ethyl adjacent to an activating group) is 1. The summed E-state index contributed by atoms with van der Waals surface area (Å²) >= 11 is 5.87. The molecule has 0 fully saturated rings. The first-order valence-corrected chi connectivity index (χ1v) is 6.16. The van der Waals surface area contributed by atoms with Crippen LogP contribution in [0.5, 0.6) is 0 Å². The van der Waals surface area contributed by atoms with Crippen LogP contribution >= 0.6 is 11.6 Å². The second-order valence-electron chi connectivity index (χ2n) is 5.02. The summed E-state index contributed by atoms with van der Waals surface area (Å²) in [7, 11) is 1.52. The molecule has 2 amide bonds. The first-order valence-electron chi connectivity index (χ1n) is 5.78. The van der Waals surface area contributed by atoms with Gasteiger partial charge in [0.1, 0.15) is 0 Å². The highest BCUT2D eigenvalue weighted by Crippen LogP contribution is 2.26. The molecule has 1 rings (SSSR count). The second-order valence-corrected chi connectivity index (χ2v) is 5.43. The summed E-state index contributed by atoms with van der Waals surface area (Å²) in [6.07, 6.45) is 0. The molecule has 0 spiro atoms. The van der Waals surface area contributed by atoms with Gasteiger partial charge in [-0.3, -0.25) is 10.1 Å². The van der Waals surface area contributed by atoms with Gasteiger partial charge in [-0.2, -0.15) is 0 Å². The molecule has 2 N–H and O–H groups in total. The highest BCUT2D eigenvalue weighted by atomic mass is 35.5. The van der Waals surface area contributed by atoms with Gasteiger partial charge in [0.15, 0.2) is 0 Å². The number of aliphatic hydroxyl groups is 1. The van der Waals surface area contributed by atoms with E-state index in [1.807, 2.05) is 0 Å². The fourth-order valence-electron chi connectivity index (χ4n) is 1.58. The number of carbonyl (C=O) groups is 1. The maximum absolute atomic E-state index is 11.9. The van der Waals surface area contributed by atoms with Crippen molar-refractivity contribution < 1.29 is 14.8 Å². The zero-order valence-corrected chi connectivity index (χ0v) is 12.1. The van der Waals surface area contributed by atoms with E-state index in [1.165, 1.54) is 24.1 Å². The number of nitro groups is 1. The van der Waals surface area contributed by atoms with Gasteiger partial charge < -0.3 is 15.3 Å². The molecule has 0 radical (unpaired) electrons. The molecule has 0 aromatic heterocycles. The summed E-state index contributed by atoms with van der Waals surface area (Å²) in [6.45, 7) is 3.29. The average molecular weight is 302 g/mol. The van der Waals surface area contributed by atoms with Gasteiger partial charge in [0.25, 0.3) is 5.69 Å². The van der Waals surface area contributed by atoms with Crippen LogP contribution in [-0.4, -0.2) is 40.2 Å². The fraction of sp³-hybridized carbons (Fsp3) is 0.417. The molecule has 0 saturated carbocycles. The lowest BCUT2D eigenvalue weighted by atomic mass is 10.1. The van der Waals surface area contributed by atoms with Crippen LogP contribution in [0.15, 0.2) is 18.2 Å². The van der Waals surface area contributed by atoms with Crippen LogP contribution in [-0.2, 0) is 0 Å². The number of hydrogen-bond acceptors (Lipinski definition) is 4. The number of non-ortho nitro benzene ring substituents is 1. The number of carbonyl (C=O) groups excluding carboxylic acids is 1. The van der Waals surface area contributed by atoms with Crippen LogP contribution in [0.3, 0.4) is 0 Å². The molecule has 1 aromatic carbocycles. The molecule has 7 nitrogen and oxygen atoms in total. The van der Waals surface area contributed by atoms with E-state index in [9.17, 15) is 20.0 Å². The smallest absolute Gasteiger partial charge is 0.321 e. The van der Waals surface area contributed by atoms with Gasteiger partial charge in [0.05, 0.1) is 27.8 Å². The molecule has 20 heavy (non-hydrogen) atoms. The summed E-state index contributed by atoms with van der Waals surface area (Å²) in [5, 5.41) is 22.8. The lowest BCUT2D eigenvalue weighted by molar-refractivity contribution is -0.384. The molecule has 0 aliphatic heterocycles. The summed E-state index contributed by atoms with van der Waals surface area (Å²) < 4.78 is 0. The molecule has 0 heterocycles. The Labute approximate surface area is 121 Å². The minimum Gasteiger partial charge on any atom is -0.389 e. The molecule has 0 saturated heterocycles. The number of nitrogens with one attached hydrogen (secondary N) is 1. The Morgan fingerprint density at radius 1 is 1.55 bits per heavy atom. The topological polar surface area (TPSA) is 95.7 Å². The zero-order chi connectivity index (χ0) is 15.5. The average Bonchev–Trinajstić information content (AvgIpc) is 2.29. The van der Waals surface area contributed by atoms with Crippen LogP contribution in [0.2, 0.25) is 5.02 Å². The van der Waals surface area contributed by atoms with E-state index in [4.69, 9.17) is 11.6 Å². The number of rotatable bonds is 4. The Morgan fingerprint density at radius 2 is 2.15 bits per heavy atom. The summed E-state index contributed by atoms with van der Waals surface area (Å²) in [6, 6.07) is 3.30. The highest BCUT2D eigenvalue weighted by Gasteiger charge is 2.20. The molecule has 0 atom stereocenters. The van der Waals surface area contributed by atoms with Crippen molar-refractivity contribution in [2.75, 3.05) is 18.9 Å². The van der Waals surface area contributed by atoms with Crippen molar-refractivity contribution >= 4 is 29.0 Å². The van der Waals surface area contributed by atoms with E-state index >= 15 is 0 Å². The number of anilines is 1. The van der Waals surface area contributed by atoms with Crippen molar-refractivity contribution in [1.29, 1.82) is 0 Å². The number of halogens is 1. The first-order chi connectivity index (χ1) is 9.10. The van der Waals surface area contributed by atoms with Crippen molar-refractivity contribution in [2.24, 2.45) is 0 Å². The SMILES string of the molecule is CN(CC(C)(C)O)C(=O)Nc1ccc([N+](=O)[O-])cc1Cl. The predicted octanol–water partition coefficient (Wildman–Crippen LogP) is 2.48. The molecule has 0 bridgehead atoms. The van der Waals surface area contributed by atoms with Gasteiger partial charge in [-0.15, -0.1) is 0 Å². The zero-order valence-electron chi connectivity index (χ0n) is 11.4. The number of benzene rings is 1. The fourth-order valence-corrected chi connectivity index (χ4v) is 1.80. The molecule has 1 aromatic rings. The van der Waals surface area contributed by atoms with Gasteiger partial charge in [-0.05, 0) is 19.9 Å². The monoisotopic (exact) mass is 301 g/mol. The minimum absolute atomic E-state index is 0.0733. The van der Waals surface area contributed by atoms with Crippen molar-refractivity contribution in [3.05, 3.63) is 33.3 Å². The summed E-state index contributed by atoms with van der Waals surface area (Å²) in [5.41, 5.74) is -0.909. The van der Waals surface area contributed by atoms with E-state index in [0.29, 0.717) is 0 Å². The molecule has 0 aliphatic carbocycles. The molecule has 110 valence electrons. The van der Waals surface area contributed by atoms with Crippen LogP contribution in [0.4, 0.5) is 16.2 Å². The van der Waals surface area contributed by atoms with Gasteiger partial charge in [0.2, 0.25) is 0 Å². The molecule has 0 aliphatic rings. The Morgan fingerprint density at radius 3 is 2.60 bits per heavy atom. The largest absolute Gasteiger partial charge is 0.389 e. The standard InChI is InChI=1S/C12H16ClN3O4/c1-12(2,18)7-15(3)11(17)14-10-5-4-8(16(19)20)6-9(10)13/h4-6,18H,7H2,1-3H3,(H,14,17). The van der Waals surface area contributed by atoms with E-state index in [1.54, 1.807) is 13.8 Å². The summed E-state index contributed by atoms with van der Waals surface area (Å²) in [4.78, 5) is 23.2. The first kappa shape index (κ1) is 16.2. The van der Waals surface area contributed by atoms with E-state index < -0.39 is 16.6 Å². The van der Waals surface area contributed by atoms with Crippen LogP contribution < -0.4 is 5.32 Å². The van der Waals surface area contributed by atoms with Crippen molar-refractivity contribution in [3.63, 3.8) is 0 Å². The van der Waals surface area contributed by atoms with Gasteiger partial charge in [0, 0.05) is 19.2 Å². The predicted molar refractivity (Wildman–Crippen MR) is 76.1 cm³/mol. The number of hydrogen-bond donors (Lipinski definition) is 2. The number of nitro benzene ring substituents is 1. The molecule has 0 unspecified atom stereocenters. The van der Waals surface area contributed by atoms with Crippen molar-refractivity contribution in [1.82, 2.24) is 4.90 Å². The van der Waals surface area contributed by atoms with Crippen LogP contribution in [0.1, 0.15) is 13.8 Å². The maximum atomic E-state index is 11.9. The third-order valence-corrected chi connectivity index (χ3v) is 2.69. The maximum Gasteiger partial charge on any atom is 0.321 e. The Balaban J connectivity index is 2.78. The third-order valence-electron chi connectivity index (χ3n) is 2.38. The van der Waals surface area contributed by atoms with E-state index in [0.717, 1.165) is 6.07 Å². The lowest BCUT2D eigenvalue weighted by Crippen LogP contribution is -2.41. The minimum atomic E-state index is -1.02. The lowest BCUT2D eigenvalue weighted by Gasteiger charge is -2.25. The van der Waals surface area contributed by atoms with Gasteiger partial charge >= 0.3 is 6.03 Å².